The zero-order valence-corrected chi connectivity index (χ0v) is 12.4. The summed E-state index contributed by atoms with van der Waals surface area (Å²) in [6.07, 6.45) is 4.49. The summed E-state index contributed by atoms with van der Waals surface area (Å²) in [5, 5.41) is 6.54. The number of rotatable bonds is 4. The molecule has 1 saturated carbocycles. The average molecular weight is 297 g/mol. The van der Waals surface area contributed by atoms with Crippen molar-refractivity contribution in [1.29, 1.82) is 0 Å². The lowest BCUT2D eigenvalue weighted by Crippen LogP contribution is -2.22. The Morgan fingerprint density at radius 2 is 2.00 bits per heavy atom. The van der Waals surface area contributed by atoms with Crippen LogP contribution in [0.1, 0.15) is 45.7 Å². The molecule has 2 rings (SSSR count). The van der Waals surface area contributed by atoms with Gasteiger partial charge in [0.05, 0.1) is 18.4 Å². The lowest BCUT2D eigenvalue weighted by Gasteiger charge is -2.13. The SMILES string of the molecule is CNC(=O)c1c(NC2CCCC2)sc(C(=O)OC)c1N. The van der Waals surface area contributed by atoms with Crippen LogP contribution in [0.4, 0.5) is 10.7 Å². The molecule has 0 unspecified atom stereocenters. The highest BCUT2D eigenvalue weighted by atomic mass is 32.1. The quantitative estimate of drug-likeness (QED) is 0.737. The summed E-state index contributed by atoms with van der Waals surface area (Å²) in [6.45, 7) is 0. The summed E-state index contributed by atoms with van der Waals surface area (Å²) in [4.78, 5) is 23.9. The Hall–Kier alpha value is -1.76. The van der Waals surface area contributed by atoms with Crippen LogP contribution < -0.4 is 16.4 Å². The molecule has 1 aromatic heterocycles. The molecule has 0 aliphatic heterocycles. The number of methoxy groups -OCH3 is 1. The Labute approximate surface area is 121 Å². The van der Waals surface area contributed by atoms with Gasteiger partial charge in [-0.15, -0.1) is 11.3 Å². The highest BCUT2D eigenvalue weighted by molar-refractivity contribution is 7.19. The van der Waals surface area contributed by atoms with Gasteiger partial charge in [-0.05, 0) is 12.8 Å². The molecular weight excluding hydrogens is 278 g/mol. The zero-order chi connectivity index (χ0) is 14.7. The Morgan fingerprint density at radius 1 is 1.35 bits per heavy atom. The standard InChI is InChI=1S/C13H19N3O3S/c1-15-11(17)8-9(14)10(13(18)19-2)20-12(8)16-7-5-3-4-6-7/h7,16H,3-6,14H2,1-2H3,(H,15,17). The van der Waals surface area contributed by atoms with E-state index in [1.54, 1.807) is 0 Å². The maximum Gasteiger partial charge on any atom is 0.350 e. The molecule has 0 saturated heterocycles. The fourth-order valence-corrected chi connectivity index (χ4v) is 3.51. The van der Waals surface area contributed by atoms with Crippen molar-refractivity contribution in [2.75, 3.05) is 25.2 Å². The van der Waals surface area contributed by atoms with Crippen LogP contribution in [0, 0.1) is 0 Å². The summed E-state index contributed by atoms with van der Waals surface area (Å²) in [5.74, 6) is -0.813. The van der Waals surface area contributed by atoms with Gasteiger partial charge in [0.25, 0.3) is 5.91 Å². The third-order valence-electron chi connectivity index (χ3n) is 3.46. The van der Waals surface area contributed by atoms with Crippen LogP contribution in [0.25, 0.3) is 0 Å². The van der Waals surface area contributed by atoms with E-state index in [0.717, 1.165) is 12.8 Å². The monoisotopic (exact) mass is 297 g/mol. The fraction of sp³-hybridized carbons (Fsp3) is 0.538. The van der Waals surface area contributed by atoms with E-state index in [2.05, 4.69) is 10.6 Å². The number of amides is 1. The van der Waals surface area contributed by atoms with Crippen LogP contribution in [0.2, 0.25) is 0 Å². The van der Waals surface area contributed by atoms with Crippen LogP contribution in [0.3, 0.4) is 0 Å². The number of ether oxygens (including phenoxy) is 1. The molecule has 1 aromatic rings. The van der Waals surface area contributed by atoms with E-state index in [-0.39, 0.29) is 16.5 Å². The zero-order valence-electron chi connectivity index (χ0n) is 11.6. The van der Waals surface area contributed by atoms with Gasteiger partial charge in [-0.3, -0.25) is 4.79 Å². The molecule has 110 valence electrons. The van der Waals surface area contributed by atoms with Crippen LogP contribution in [-0.2, 0) is 4.74 Å². The second-order valence-electron chi connectivity index (χ2n) is 4.75. The minimum Gasteiger partial charge on any atom is -0.465 e. The van der Waals surface area contributed by atoms with Gasteiger partial charge in [-0.1, -0.05) is 12.8 Å². The van der Waals surface area contributed by atoms with E-state index in [4.69, 9.17) is 10.5 Å². The first kappa shape index (κ1) is 14.6. The molecule has 0 atom stereocenters. The van der Waals surface area contributed by atoms with E-state index >= 15 is 0 Å². The smallest absolute Gasteiger partial charge is 0.350 e. The van der Waals surface area contributed by atoms with Gasteiger partial charge in [0.1, 0.15) is 9.88 Å². The van der Waals surface area contributed by atoms with Crippen LogP contribution in [-0.4, -0.2) is 32.1 Å². The van der Waals surface area contributed by atoms with Crippen molar-refractivity contribution < 1.29 is 14.3 Å². The van der Waals surface area contributed by atoms with Crippen molar-refractivity contribution in [3.05, 3.63) is 10.4 Å². The summed E-state index contributed by atoms with van der Waals surface area (Å²) < 4.78 is 4.70. The number of nitrogen functional groups attached to an aromatic ring is 1. The first-order valence-electron chi connectivity index (χ1n) is 6.57. The van der Waals surface area contributed by atoms with Crippen LogP contribution in [0.5, 0.6) is 0 Å². The third-order valence-corrected chi connectivity index (χ3v) is 4.58. The molecule has 1 heterocycles. The van der Waals surface area contributed by atoms with Gasteiger partial charge < -0.3 is 21.1 Å². The molecule has 20 heavy (non-hydrogen) atoms. The maximum absolute atomic E-state index is 12.0. The predicted octanol–water partition coefficient (Wildman–Crippen LogP) is 1.83. The van der Waals surface area contributed by atoms with Crippen molar-refractivity contribution in [3.8, 4) is 0 Å². The highest BCUT2D eigenvalue weighted by Gasteiger charge is 2.27. The van der Waals surface area contributed by atoms with Crippen molar-refractivity contribution >= 4 is 33.9 Å². The summed E-state index contributed by atoms with van der Waals surface area (Å²) in [5.41, 5.74) is 6.46. The highest BCUT2D eigenvalue weighted by Crippen LogP contribution is 2.37. The van der Waals surface area contributed by atoms with Gasteiger partial charge in [0, 0.05) is 13.1 Å². The van der Waals surface area contributed by atoms with Gasteiger partial charge in [-0.25, -0.2) is 4.79 Å². The first-order valence-corrected chi connectivity index (χ1v) is 7.39. The lowest BCUT2D eigenvalue weighted by molar-refractivity contribution is 0.0607. The Kier molecular flexibility index (Phi) is 4.49. The van der Waals surface area contributed by atoms with E-state index in [0.29, 0.717) is 16.6 Å². The van der Waals surface area contributed by atoms with E-state index in [9.17, 15) is 9.59 Å². The van der Waals surface area contributed by atoms with Gasteiger partial charge in [0.2, 0.25) is 0 Å². The molecule has 6 nitrogen and oxygen atoms in total. The number of carbonyl (C=O) groups excluding carboxylic acids is 2. The van der Waals surface area contributed by atoms with Crippen molar-refractivity contribution in [2.24, 2.45) is 0 Å². The molecule has 1 fully saturated rings. The second-order valence-corrected chi connectivity index (χ2v) is 5.77. The maximum atomic E-state index is 12.0. The van der Waals surface area contributed by atoms with E-state index < -0.39 is 5.97 Å². The van der Waals surface area contributed by atoms with E-state index in [1.165, 1.54) is 38.3 Å². The topological polar surface area (TPSA) is 93.5 Å². The molecule has 1 amide bonds. The minimum absolute atomic E-state index is 0.182. The normalized spacial score (nSPS) is 15.1. The Bertz CT molecular complexity index is 521. The number of nitrogens with two attached hydrogens (primary N) is 1. The van der Waals surface area contributed by atoms with Crippen molar-refractivity contribution in [1.82, 2.24) is 5.32 Å². The Balaban J connectivity index is 2.36. The van der Waals surface area contributed by atoms with Gasteiger partial charge >= 0.3 is 5.97 Å². The minimum atomic E-state index is -0.517. The number of carbonyl (C=O) groups is 2. The lowest BCUT2D eigenvalue weighted by atomic mass is 10.2. The number of thiophene rings is 1. The summed E-state index contributed by atoms with van der Waals surface area (Å²) >= 11 is 1.18. The number of esters is 1. The van der Waals surface area contributed by atoms with Crippen LogP contribution in [0.15, 0.2) is 0 Å². The fourth-order valence-electron chi connectivity index (χ4n) is 2.40. The largest absolute Gasteiger partial charge is 0.465 e. The molecule has 4 N–H and O–H groups in total. The molecule has 0 radical (unpaired) electrons. The van der Waals surface area contributed by atoms with Gasteiger partial charge in [0.15, 0.2) is 0 Å². The molecule has 0 aromatic carbocycles. The molecule has 7 heteroatoms. The number of nitrogens with one attached hydrogen (secondary N) is 2. The Morgan fingerprint density at radius 3 is 2.55 bits per heavy atom. The summed E-state index contributed by atoms with van der Waals surface area (Å²) in [7, 11) is 2.84. The van der Waals surface area contributed by atoms with Gasteiger partial charge in [-0.2, -0.15) is 0 Å². The molecule has 1 aliphatic carbocycles. The molecule has 0 spiro atoms. The number of hydrogen-bond acceptors (Lipinski definition) is 6. The van der Waals surface area contributed by atoms with E-state index in [1.807, 2.05) is 0 Å². The van der Waals surface area contributed by atoms with Crippen LogP contribution >= 0.6 is 11.3 Å². The van der Waals surface area contributed by atoms with Crippen molar-refractivity contribution in [2.45, 2.75) is 31.7 Å². The second kappa shape index (κ2) is 6.13. The number of hydrogen-bond donors (Lipinski definition) is 3. The molecule has 1 aliphatic rings. The third kappa shape index (κ3) is 2.72. The molecular formula is C13H19N3O3S. The van der Waals surface area contributed by atoms with Crippen molar-refractivity contribution in [3.63, 3.8) is 0 Å². The first-order chi connectivity index (χ1) is 9.58. The number of anilines is 2. The average Bonchev–Trinajstić information content (AvgIpc) is 3.06. The molecule has 0 bridgehead atoms. The summed E-state index contributed by atoms with van der Waals surface area (Å²) in [6, 6.07) is 0.335. The predicted molar refractivity (Wildman–Crippen MR) is 79.3 cm³/mol.